The highest BCUT2D eigenvalue weighted by atomic mass is 35.5. The minimum atomic E-state index is -0.252. The van der Waals surface area contributed by atoms with Gasteiger partial charge in [0.05, 0.1) is 5.56 Å². The van der Waals surface area contributed by atoms with Gasteiger partial charge in [0.2, 0.25) is 5.95 Å². The van der Waals surface area contributed by atoms with E-state index in [1.165, 1.54) is 25.7 Å². The monoisotopic (exact) mass is 344 g/mol. The Morgan fingerprint density at radius 3 is 2.46 bits per heavy atom. The molecule has 3 rings (SSSR count). The number of anilines is 2. The molecule has 1 amide bonds. The summed E-state index contributed by atoms with van der Waals surface area (Å²) in [6, 6.07) is 7.45. The molecule has 1 fully saturated rings. The van der Waals surface area contributed by atoms with Crippen molar-refractivity contribution in [2.75, 3.05) is 10.6 Å². The third-order valence-corrected chi connectivity index (χ3v) is 4.42. The Labute approximate surface area is 146 Å². The summed E-state index contributed by atoms with van der Waals surface area (Å²) in [6.45, 7) is 0. The van der Waals surface area contributed by atoms with Crippen molar-refractivity contribution in [1.82, 2.24) is 9.97 Å². The second kappa shape index (κ2) is 8.11. The SMILES string of the molecule is O=C(Nc1cccc(Cl)c1)c1cnc(NC2CCCCCC2)nc1. The summed E-state index contributed by atoms with van der Waals surface area (Å²) >= 11 is 5.92. The van der Waals surface area contributed by atoms with Crippen LogP contribution in [0.2, 0.25) is 5.02 Å². The maximum atomic E-state index is 12.2. The molecule has 1 aliphatic rings. The third-order valence-electron chi connectivity index (χ3n) is 4.18. The van der Waals surface area contributed by atoms with Crippen LogP contribution < -0.4 is 10.6 Å². The van der Waals surface area contributed by atoms with Crippen molar-refractivity contribution in [3.05, 3.63) is 47.2 Å². The van der Waals surface area contributed by atoms with E-state index in [9.17, 15) is 4.79 Å². The predicted octanol–water partition coefficient (Wildman–Crippen LogP) is 4.52. The lowest BCUT2D eigenvalue weighted by Gasteiger charge is -2.15. The lowest BCUT2D eigenvalue weighted by atomic mass is 10.1. The normalized spacial score (nSPS) is 15.5. The number of carbonyl (C=O) groups excluding carboxylic acids is 1. The maximum absolute atomic E-state index is 12.2. The fraction of sp³-hybridized carbons (Fsp3) is 0.389. The predicted molar refractivity (Wildman–Crippen MR) is 96.5 cm³/mol. The highest BCUT2D eigenvalue weighted by Crippen LogP contribution is 2.20. The maximum Gasteiger partial charge on any atom is 0.258 e. The van der Waals surface area contributed by atoms with Gasteiger partial charge in [-0.1, -0.05) is 43.4 Å². The topological polar surface area (TPSA) is 66.9 Å². The van der Waals surface area contributed by atoms with Crippen LogP contribution in [0.3, 0.4) is 0 Å². The number of hydrogen-bond donors (Lipinski definition) is 2. The average Bonchev–Trinajstić information content (AvgIpc) is 2.84. The van der Waals surface area contributed by atoms with Gasteiger partial charge in [-0.25, -0.2) is 9.97 Å². The third kappa shape index (κ3) is 4.68. The second-order valence-corrected chi connectivity index (χ2v) is 6.53. The highest BCUT2D eigenvalue weighted by molar-refractivity contribution is 6.30. The van der Waals surface area contributed by atoms with Crippen molar-refractivity contribution in [2.45, 2.75) is 44.6 Å². The van der Waals surface area contributed by atoms with Gasteiger partial charge in [0.1, 0.15) is 0 Å². The van der Waals surface area contributed by atoms with Crippen LogP contribution in [0.1, 0.15) is 48.9 Å². The Kier molecular flexibility index (Phi) is 5.64. The smallest absolute Gasteiger partial charge is 0.258 e. The van der Waals surface area contributed by atoms with Gasteiger partial charge >= 0.3 is 0 Å². The molecule has 0 aliphatic heterocycles. The van der Waals surface area contributed by atoms with Crippen LogP contribution in [0.15, 0.2) is 36.7 Å². The standard InChI is InChI=1S/C18H21ClN4O/c19-14-6-5-9-16(10-14)22-17(24)13-11-20-18(21-12-13)23-15-7-3-1-2-4-8-15/h5-6,9-12,15H,1-4,7-8H2,(H,22,24)(H,20,21,23). The van der Waals surface area contributed by atoms with Crippen molar-refractivity contribution in [2.24, 2.45) is 0 Å². The van der Waals surface area contributed by atoms with E-state index in [0.29, 0.717) is 28.3 Å². The van der Waals surface area contributed by atoms with Gasteiger partial charge in [-0.05, 0) is 31.0 Å². The zero-order chi connectivity index (χ0) is 16.8. The summed E-state index contributed by atoms with van der Waals surface area (Å²) in [5.74, 6) is 0.333. The molecule has 0 atom stereocenters. The molecule has 1 aromatic carbocycles. The zero-order valence-corrected chi connectivity index (χ0v) is 14.2. The second-order valence-electron chi connectivity index (χ2n) is 6.09. The van der Waals surface area contributed by atoms with Crippen molar-refractivity contribution >= 4 is 29.1 Å². The van der Waals surface area contributed by atoms with Gasteiger partial charge in [0.25, 0.3) is 5.91 Å². The lowest BCUT2D eigenvalue weighted by Crippen LogP contribution is -2.20. The molecule has 0 unspecified atom stereocenters. The quantitative estimate of drug-likeness (QED) is 0.800. The van der Waals surface area contributed by atoms with E-state index in [-0.39, 0.29) is 5.91 Å². The van der Waals surface area contributed by atoms with Crippen LogP contribution in [0, 0.1) is 0 Å². The molecular formula is C18H21ClN4O. The Balaban J connectivity index is 1.60. The minimum Gasteiger partial charge on any atom is -0.351 e. The minimum absolute atomic E-state index is 0.252. The van der Waals surface area contributed by atoms with Gasteiger partial charge < -0.3 is 10.6 Å². The van der Waals surface area contributed by atoms with Crippen molar-refractivity contribution in [3.63, 3.8) is 0 Å². The fourth-order valence-corrected chi connectivity index (χ4v) is 3.09. The van der Waals surface area contributed by atoms with Crippen LogP contribution in [-0.4, -0.2) is 21.9 Å². The van der Waals surface area contributed by atoms with E-state index in [2.05, 4.69) is 20.6 Å². The first-order valence-corrected chi connectivity index (χ1v) is 8.74. The summed E-state index contributed by atoms with van der Waals surface area (Å²) in [7, 11) is 0. The molecule has 1 aromatic heterocycles. The average molecular weight is 345 g/mol. The largest absolute Gasteiger partial charge is 0.351 e. The van der Waals surface area contributed by atoms with E-state index >= 15 is 0 Å². The van der Waals surface area contributed by atoms with Crippen molar-refractivity contribution in [1.29, 1.82) is 0 Å². The van der Waals surface area contributed by atoms with Gasteiger partial charge in [-0.2, -0.15) is 0 Å². The summed E-state index contributed by atoms with van der Waals surface area (Å²) in [5, 5.41) is 6.73. The molecule has 2 aromatic rings. The number of halogens is 1. The van der Waals surface area contributed by atoms with Gasteiger partial charge in [-0.15, -0.1) is 0 Å². The first kappa shape index (κ1) is 16.7. The Hall–Kier alpha value is -2.14. The number of nitrogens with zero attached hydrogens (tertiary/aromatic N) is 2. The van der Waals surface area contributed by atoms with E-state index in [0.717, 1.165) is 12.8 Å². The Morgan fingerprint density at radius 1 is 1.08 bits per heavy atom. The number of aromatic nitrogens is 2. The van der Waals surface area contributed by atoms with Crippen LogP contribution in [-0.2, 0) is 0 Å². The van der Waals surface area contributed by atoms with Crippen LogP contribution in [0.25, 0.3) is 0 Å². The van der Waals surface area contributed by atoms with Crippen LogP contribution in [0.5, 0.6) is 0 Å². The molecule has 0 saturated heterocycles. The van der Waals surface area contributed by atoms with E-state index in [1.807, 2.05) is 0 Å². The van der Waals surface area contributed by atoms with E-state index in [1.54, 1.807) is 36.7 Å². The molecule has 1 aliphatic carbocycles. The summed E-state index contributed by atoms with van der Waals surface area (Å²) < 4.78 is 0. The first-order valence-electron chi connectivity index (χ1n) is 8.36. The molecule has 1 saturated carbocycles. The van der Waals surface area contributed by atoms with Crippen LogP contribution >= 0.6 is 11.6 Å². The molecule has 126 valence electrons. The number of hydrogen-bond acceptors (Lipinski definition) is 4. The molecular weight excluding hydrogens is 324 g/mol. The summed E-state index contributed by atoms with van der Waals surface area (Å²) in [6.07, 6.45) is 10.5. The molecule has 1 heterocycles. The highest BCUT2D eigenvalue weighted by Gasteiger charge is 2.14. The Morgan fingerprint density at radius 2 is 1.79 bits per heavy atom. The fourth-order valence-electron chi connectivity index (χ4n) is 2.90. The van der Waals surface area contributed by atoms with E-state index in [4.69, 9.17) is 11.6 Å². The molecule has 0 bridgehead atoms. The van der Waals surface area contributed by atoms with Crippen molar-refractivity contribution < 1.29 is 4.79 Å². The zero-order valence-electron chi connectivity index (χ0n) is 13.5. The Bertz CT molecular complexity index is 682. The molecule has 0 radical (unpaired) electrons. The molecule has 5 nitrogen and oxygen atoms in total. The van der Waals surface area contributed by atoms with Crippen molar-refractivity contribution in [3.8, 4) is 0 Å². The van der Waals surface area contributed by atoms with Gasteiger partial charge in [0, 0.05) is 29.1 Å². The number of carbonyl (C=O) groups is 1. The van der Waals surface area contributed by atoms with Crippen LogP contribution in [0.4, 0.5) is 11.6 Å². The summed E-state index contributed by atoms with van der Waals surface area (Å²) in [5.41, 5.74) is 1.06. The van der Waals surface area contributed by atoms with E-state index < -0.39 is 0 Å². The van der Waals surface area contributed by atoms with Gasteiger partial charge in [0.15, 0.2) is 0 Å². The summed E-state index contributed by atoms with van der Waals surface area (Å²) in [4.78, 5) is 20.8. The lowest BCUT2D eigenvalue weighted by molar-refractivity contribution is 0.102. The van der Waals surface area contributed by atoms with Gasteiger partial charge in [-0.3, -0.25) is 4.79 Å². The number of nitrogens with one attached hydrogen (secondary N) is 2. The molecule has 0 spiro atoms. The number of benzene rings is 1. The molecule has 24 heavy (non-hydrogen) atoms. The first-order chi connectivity index (χ1) is 11.7. The number of amides is 1. The number of rotatable bonds is 4. The molecule has 6 heteroatoms. The molecule has 2 N–H and O–H groups in total.